The zero-order valence-corrected chi connectivity index (χ0v) is 20.1. The van der Waals surface area contributed by atoms with Crippen LogP contribution in [0.25, 0.3) is 22.2 Å². The maximum Gasteiger partial charge on any atom is 0.220 e. The van der Waals surface area contributed by atoms with E-state index in [9.17, 15) is 4.79 Å². The first-order chi connectivity index (χ1) is 17.1. The van der Waals surface area contributed by atoms with Gasteiger partial charge in [0.1, 0.15) is 5.52 Å². The summed E-state index contributed by atoms with van der Waals surface area (Å²) in [6, 6.07) is 24.6. The van der Waals surface area contributed by atoms with Crippen LogP contribution in [0.15, 0.2) is 77.2 Å². The van der Waals surface area contributed by atoms with E-state index in [1.165, 1.54) is 6.42 Å². The van der Waals surface area contributed by atoms with Gasteiger partial charge in [-0.05, 0) is 52.6 Å². The molecular weight excluding hydrogens is 434 g/mol. The molecule has 1 heterocycles. The maximum absolute atomic E-state index is 13.0. The second-order valence-electron chi connectivity index (χ2n) is 9.87. The van der Waals surface area contributed by atoms with Crippen LogP contribution in [0.5, 0.6) is 0 Å². The Morgan fingerprint density at radius 1 is 0.914 bits per heavy atom. The zero-order valence-electron chi connectivity index (χ0n) is 20.1. The van der Waals surface area contributed by atoms with Crippen molar-refractivity contribution in [1.82, 2.24) is 10.3 Å². The van der Waals surface area contributed by atoms with Crippen molar-refractivity contribution >= 4 is 17.0 Å². The first-order valence-corrected chi connectivity index (χ1v) is 12.6. The molecule has 1 aromatic heterocycles. The fourth-order valence-corrected chi connectivity index (χ4v) is 5.37. The van der Waals surface area contributed by atoms with E-state index in [2.05, 4.69) is 35.6 Å². The normalized spacial score (nSPS) is 15.2. The highest BCUT2D eigenvalue weighted by Crippen LogP contribution is 2.42. The Labute approximate surface area is 206 Å². The van der Waals surface area contributed by atoms with Crippen molar-refractivity contribution in [2.24, 2.45) is 11.1 Å². The SMILES string of the molecule is NCc1cccc(CNC(=O)CC2(Cc3nc4cc(-c5ccccc5)ccc4o3)CCCCC2)c1. The third-order valence-corrected chi connectivity index (χ3v) is 7.23. The Bertz CT molecular complexity index is 1290. The molecule has 0 radical (unpaired) electrons. The first-order valence-electron chi connectivity index (χ1n) is 12.6. The third kappa shape index (κ3) is 5.63. The molecule has 1 aliphatic carbocycles. The summed E-state index contributed by atoms with van der Waals surface area (Å²) in [6.45, 7) is 1.02. The van der Waals surface area contributed by atoms with Gasteiger partial charge in [-0.1, -0.05) is 79.9 Å². The monoisotopic (exact) mass is 467 g/mol. The van der Waals surface area contributed by atoms with Crippen LogP contribution >= 0.6 is 0 Å². The van der Waals surface area contributed by atoms with E-state index in [4.69, 9.17) is 15.1 Å². The quantitative estimate of drug-likeness (QED) is 0.325. The van der Waals surface area contributed by atoms with E-state index in [-0.39, 0.29) is 11.3 Å². The molecule has 180 valence electrons. The number of rotatable bonds is 8. The number of hydrogen-bond donors (Lipinski definition) is 2. The highest BCUT2D eigenvalue weighted by Gasteiger charge is 2.36. The Balaban J connectivity index is 1.30. The number of carbonyl (C=O) groups excluding carboxylic acids is 1. The molecule has 1 fully saturated rings. The first kappa shape index (κ1) is 23.3. The molecule has 3 N–H and O–H groups in total. The second-order valence-corrected chi connectivity index (χ2v) is 9.87. The number of hydrogen-bond acceptors (Lipinski definition) is 4. The molecule has 5 nitrogen and oxygen atoms in total. The van der Waals surface area contributed by atoms with Crippen LogP contribution in [0, 0.1) is 5.41 Å². The summed E-state index contributed by atoms with van der Waals surface area (Å²) in [5.41, 5.74) is 11.8. The van der Waals surface area contributed by atoms with Gasteiger partial charge in [-0.3, -0.25) is 4.79 Å². The van der Waals surface area contributed by atoms with Crippen molar-refractivity contribution in [1.29, 1.82) is 0 Å². The molecule has 0 unspecified atom stereocenters. The fourth-order valence-electron chi connectivity index (χ4n) is 5.37. The molecule has 1 amide bonds. The summed E-state index contributed by atoms with van der Waals surface area (Å²) in [5.74, 6) is 0.822. The summed E-state index contributed by atoms with van der Waals surface area (Å²) in [4.78, 5) is 17.9. The summed E-state index contributed by atoms with van der Waals surface area (Å²) in [7, 11) is 0. The fraction of sp³-hybridized carbons (Fsp3) is 0.333. The van der Waals surface area contributed by atoms with Gasteiger partial charge in [0.05, 0.1) is 0 Å². The van der Waals surface area contributed by atoms with Gasteiger partial charge in [0, 0.05) is 25.9 Å². The van der Waals surface area contributed by atoms with Crippen molar-refractivity contribution in [2.75, 3.05) is 0 Å². The van der Waals surface area contributed by atoms with E-state index in [1.54, 1.807) is 0 Å². The molecule has 4 aromatic rings. The maximum atomic E-state index is 13.0. The number of nitrogens with one attached hydrogen (secondary N) is 1. The number of aromatic nitrogens is 1. The number of oxazole rings is 1. The lowest BCUT2D eigenvalue weighted by atomic mass is 9.69. The molecule has 0 atom stereocenters. The van der Waals surface area contributed by atoms with Gasteiger partial charge in [-0.2, -0.15) is 0 Å². The third-order valence-electron chi connectivity index (χ3n) is 7.23. The van der Waals surface area contributed by atoms with Crippen LogP contribution in [-0.2, 0) is 24.3 Å². The summed E-state index contributed by atoms with van der Waals surface area (Å²) in [5, 5.41) is 3.13. The lowest BCUT2D eigenvalue weighted by Crippen LogP contribution is -2.35. The molecule has 35 heavy (non-hydrogen) atoms. The Kier molecular flexibility index (Phi) is 6.96. The number of benzene rings is 3. The molecule has 0 aliphatic heterocycles. The van der Waals surface area contributed by atoms with Gasteiger partial charge < -0.3 is 15.5 Å². The standard InChI is InChI=1S/C30H33N3O2/c31-20-22-8-7-9-23(16-22)21-32-28(34)18-30(14-5-2-6-15-30)19-29-33-26-17-25(12-13-27(26)35-29)24-10-3-1-4-11-24/h1,3-4,7-13,16-17H,2,5-6,14-15,18-21,31H2,(H,32,34). The molecule has 1 aliphatic rings. The minimum absolute atomic E-state index is 0.0903. The highest BCUT2D eigenvalue weighted by atomic mass is 16.3. The average Bonchev–Trinajstić information content (AvgIpc) is 3.29. The molecule has 5 rings (SSSR count). The van der Waals surface area contributed by atoms with Gasteiger partial charge >= 0.3 is 0 Å². The van der Waals surface area contributed by atoms with Crippen molar-refractivity contribution < 1.29 is 9.21 Å². The predicted molar refractivity (Wildman–Crippen MR) is 139 cm³/mol. The summed E-state index contributed by atoms with van der Waals surface area (Å²) in [6.07, 6.45) is 6.75. The van der Waals surface area contributed by atoms with Crippen LogP contribution < -0.4 is 11.1 Å². The average molecular weight is 468 g/mol. The second kappa shape index (κ2) is 10.4. The van der Waals surface area contributed by atoms with E-state index in [0.29, 0.717) is 25.9 Å². The van der Waals surface area contributed by atoms with E-state index in [0.717, 1.165) is 64.9 Å². The zero-order chi connectivity index (χ0) is 24.1. The molecule has 0 spiro atoms. The van der Waals surface area contributed by atoms with Crippen LogP contribution in [0.1, 0.15) is 55.5 Å². The smallest absolute Gasteiger partial charge is 0.220 e. The Morgan fingerprint density at radius 2 is 1.71 bits per heavy atom. The number of amides is 1. The topological polar surface area (TPSA) is 81.1 Å². The number of nitrogens with zero attached hydrogens (tertiary/aromatic N) is 1. The van der Waals surface area contributed by atoms with E-state index >= 15 is 0 Å². The van der Waals surface area contributed by atoms with Crippen molar-refractivity contribution in [3.63, 3.8) is 0 Å². The van der Waals surface area contributed by atoms with Crippen molar-refractivity contribution in [3.05, 3.63) is 89.8 Å². The highest BCUT2D eigenvalue weighted by molar-refractivity contribution is 5.80. The largest absolute Gasteiger partial charge is 0.441 e. The lowest BCUT2D eigenvalue weighted by Gasteiger charge is -2.36. The van der Waals surface area contributed by atoms with Crippen LogP contribution in [-0.4, -0.2) is 10.9 Å². The number of nitrogens with two attached hydrogens (primary N) is 1. The van der Waals surface area contributed by atoms with Crippen molar-refractivity contribution in [3.8, 4) is 11.1 Å². The molecule has 5 heteroatoms. The molecule has 1 saturated carbocycles. The predicted octanol–water partition coefficient (Wildman–Crippen LogP) is 6.15. The van der Waals surface area contributed by atoms with Gasteiger partial charge in [0.15, 0.2) is 11.5 Å². The number of carbonyl (C=O) groups is 1. The van der Waals surface area contributed by atoms with Crippen LogP contribution in [0.3, 0.4) is 0 Å². The molecule has 0 bridgehead atoms. The van der Waals surface area contributed by atoms with E-state index in [1.807, 2.05) is 42.5 Å². The molecule has 3 aromatic carbocycles. The van der Waals surface area contributed by atoms with Crippen molar-refractivity contribution in [2.45, 2.75) is 58.0 Å². The van der Waals surface area contributed by atoms with Gasteiger partial charge in [-0.15, -0.1) is 0 Å². The summed E-state index contributed by atoms with van der Waals surface area (Å²) >= 11 is 0. The Hall–Kier alpha value is -3.44. The minimum atomic E-state index is -0.107. The van der Waals surface area contributed by atoms with Crippen LogP contribution in [0.2, 0.25) is 0 Å². The van der Waals surface area contributed by atoms with Gasteiger partial charge in [0.25, 0.3) is 0 Å². The number of fused-ring (bicyclic) bond motifs is 1. The minimum Gasteiger partial charge on any atom is -0.441 e. The van der Waals surface area contributed by atoms with E-state index < -0.39 is 0 Å². The molecule has 0 saturated heterocycles. The molecular formula is C30H33N3O2. The lowest BCUT2D eigenvalue weighted by molar-refractivity contribution is -0.124. The Morgan fingerprint density at radius 3 is 2.51 bits per heavy atom. The van der Waals surface area contributed by atoms with Crippen LogP contribution in [0.4, 0.5) is 0 Å². The summed E-state index contributed by atoms with van der Waals surface area (Å²) < 4.78 is 6.17. The van der Waals surface area contributed by atoms with Gasteiger partial charge in [0.2, 0.25) is 5.91 Å². The van der Waals surface area contributed by atoms with Gasteiger partial charge in [-0.25, -0.2) is 4.98 Å².